The maximum Gasteiger partial charge on any atom is 0.235 e. The number of hydrogen-bond acceptors (Lipinski definition) is 6. The average molecular weight is 414 g/mol. The second kappa shape index (κ2) is 8.89. The summed E-state index contributed by atoms with van der Waals surface area (Å²) in [6.07, 6.45) is 0. The molecule has 1 saturated heterocycles. The molecule has 146 valence electrons. The third-order valence-corrected chi connectivity index (χ3v) is 6.61. The van der Waals surface area contributed by atoms with Crippen molar-refractivity contribution in [1.82, 2.24) is 25.0 Å². The van der Waals surface area contributed by atoms with Crippen LogP contribution >= 0.6 is 23.1 Å². The maximum absolute atomic E-state index is 12.8. The number of thioether (sulfide) groups is 1. The van der Waals surface area contributed by atoms with Gasteiger partial charge in [-0.25, -0.2) is 4.98 Å². The zero-order chi connectivity index (χ0) is 19.3. The van der Waals surface area contributed by atoms with Crippen LogP contribution < -0.4 is 0 Å². The van der Waals surface area contributed by atoms with Crippen molar-refractivity contribution in [3.8, 4) is 10.7 Å². The zero-order valence-corrected chi connectivity index (χ0v) is 17.4. The molecule has 1 amide bonds. The van der Waals surface area contributed by atoms with Gasteiger partial charge in [-0.05, 0) is 23.9 Å². The van der Waals surface area contributed by atoms with E-state index in [9.17, 15) is 4.79 Å². The summed E-state index contributed by atoms with van der Waals surface area (Å²) >= 11 is 3.03. The van der Waals surface area contributed by atoms with Gasteiger partial charge in [-0.3, -0.25) is 14.8 Å². The minimum absolute atomic E-state index is 0.159. The molecule has 6 nitrogen and oxygen atoms in total. The van der Waals surface area contributed by atoms with Gasteiger partial charge in [0.2, 0.25) is 11.1 Å². The largest absolute Gasteiger partial charge is 0.339 e. The Hall–Kier alpha value is -2.16. The normalized spacial score (nSPS) is 16.2. The molecular weight excluding hydrogens is 390 g/mol. The molecule has 0 spiro atoms. The van der Waals surface area contributed by atoms with Crippen molar-refractivity contribution >= 4 is 29.0 Å². The van der Waals surface area contributed by atoms with Gasteiger partial charge in [-0.2, -0.15) is 0 Å². The van der Waals surface area contributed by atoms with Crippen LogP contribution in [0, 0.1) is 0 Å². The highest BCUT2D eigenvalue weighted by atomic mass is 32.2. The van der Waals surface area contributed by atoms with Gasteiger partial charge in [0, 0.05) is 32.7 Å². The summed E-state index contributed by atoms with van der Waals surface area (Å²) in [5.74, 6) is 0.915. The summed E-state index contributed by atoms with van der Waals surface area (Å²) in [6, 6.07) is 14.5. The number of rotatable bonds is 6. The number of nitrogens with one attached hydrogen (secondary N) is 1. The van der Waals surface area contributed by atoms with Gasteiger partial charge in [0.25, 0.3) is 0 Å². The number of H-pyrrole nitrogens is 1. The number of carbonyl (C=O) groups excluding carboxylic acids is 1. The van der Waals surface area contributed by atoms with E-state index in [4.69, 9.17) is 0 Å². The van der Waals surface area contributed by atoms with Gasteiger partial charge >= 0.3 is 0 Å². The minimum atomic E-state index is -0.201. The molecular formula is C20H23N5OS2. The number of hydrogen-bond donors (Lipinski definition) is 1. The van der Waals surface area contributed by atoms with Crippen LogP contribution in [0.4, 0.5) is 0 Å². The van der Waals surface area contributed by atoms with E-state index < -0.39 is 0 Å². The molecule has 28 heavy (non-hydrogen) atoms. The predicted molar refractivity (Wildman–Crippen MR) is 113 cm³/mol. The van der Waals surface area contributed by atoms with E-state index in [2.05, 4.69) is 44.3 Å². The number of thiophene rings is 1. The monoisotopic (exact) mass is 413 g/mol. The Morgan fingerprint density at radius 3 is 2.68 bits per heavy atom. The Bertz CT molecular complexity index is 888. The molecule has 1 aromatic carbocycles. The molecule has 1 N–H and O–H groups in total. The lowest BCUT2D eigenvalue weighted by Crippen LogP contribution is -2.50. The van der Waals surface area contributed by atoms with E-state index in [1.54, 1.807) is 11.3 Å². The fourth-order valence-corrected chi connectivity index (χ4v) is 4.73. The van der Waals surface area contributed by atoms with E-state index in [-0.39, 0.29) is 11.2 Å². The SMILES string of the molecule is CC(Sc1n[nH]c(-c2cccs2)n1)C(=O)N1CCN(Cc2ccccc2)CC1. The van der Waals surface area contributed by atoms with Crippen molar-refractivity contribution in [3.05, 3.63) is 53.4 Å². The molecule has 0 radical (unpaired) electrons. The fraction of sp³-hybridized carbons (Fsp3) is 0.350. The molecule has 3 aromatic rings. The van der Waals surface area contributed by atoms with E-state index >= 15 is 0 Å². The zero-order valence-electron chi connectivity index (χ0n) is 15.7. The molecule has 1 unspecified atom stereocenters. The molecule has 8 heteroatoms. The standard InChI is InChI=1S/C20H23N5OS2/c1-15(28-20-21-18(22-23-20)17-8-5-13-27-17)19(26)25-11-9-24(10-12-25)14-16-6-3-2-4-7-16/h2-8,13,15H,9-12,14H2,1H3,(H,21,22,23). The molecule has 0 bridgehead atoms. The molecule has 3 heterocycles. The molecule has 1 aliphatic heterocycles. The number of amides is 1. The molecule has 0 saturated carbocycles. The number of aromatic nitrogens is 3. The van der Waals surface area contributed by atoms with Crippen LogP contribution in [0.1, 0.15) is 12.5 Å². The van der Waals surface area contributed by atoms with Crippen molar-refractivity contribution in [2.75, 3.05) is 26.2 Å². The number of aromatic amines is 1. The molecule has 1 aliphatic rings. The first-order valence-electron chi connectivity index (χ1n) is 9.37. The first-order valence-corrected chi connectivity index (χ1v) is 11.1. The van der Waals surface area contributed by atoms with Gasteiger partial charge in [-0.15, -0.1) is 16.4 Å². The lowest BCUT2D eigenvalue weighted by molar-refractivity contribution is -0.132. The highest BCUT2D eigenvalue weighted by Crippen LogP contribution is 2.26. The van der Waals surface area contributed by atoms with Crippen LogP contribution in [0.2, 0.25) is 0 Å². The second-order valence-electron chi connectivity index (χ2n) is 6.79. The summed E-state index contributed by atoms with van der Waals surface area (Å²) in [6.45, 7) is 6.22. The van der Waals surface area contributed by atoms with E-state index in [1.165, 1.54) is 17.3 Å². The van der Waals surface area contributed by atoms with Crippen LogP contribution in [-0.4, -0.2) is 62.3 Å². The van der Waals surface area contributed by atoms with Crippen LogP contribution in [0.15, 0.2) is 53.0 Å². The smallest absolute Gasteiger partial charge is 0.235 e. The maximum atomic E-state index is 12.8. The Balaban J connectivity index is 1.28. The van der Waals surface area contributed by atoms with Crippen LogP contribution in [0.25, 0.3) is 10.7 Å². The van der Waals surface area contributed by atoms with Crippen molar-refractivity contribution < 1.29 is 4.79 Å². The van der Waals surface area contributed by atoms with E-state index in [0.717, 1.165) is 43.4 Å². The van der Waals surface area contributed by atoms with Crippen molar-refractivity contribution in [2.45, 2.75) is 23.9 Å². The minimum Gasteiger partial charge on any atom is -0.339 e. The number of benzene rings is 1. The van der Waals surface area contributed by atoms with Gasteiger partial charge < -0.3 is 4.90 Å². The fourth-order valence-electron chi connectivity index (χ4n) is 3.26. The number of carbonyl (C=O) groups is 1. The van der Waals surface area contributed by atoms with Crippen molar-refractivity contribution in [2.24, 2.45) is 0 Å². The molecule has 1 fully saturated rings. The number of piperazine rings is 1. The Morgan fingerprint density at radius 2 is 1.96 bits per heavy atom. The van der Waals surface area contributed by atoms with Crippen LogP contribution in [0.5, 0.6) is 0 Å². The summed E-state index contributed by atoms with van der Waals surface area (Å²) in [4.78, 5) is 22.7. The molecule has 0 aliphatic carbocycles. The van der Waals surface area contributed by atoms with E-state index in [1.807, 2.05) is 35.4 Å². The average Bonchev–Trinajstić information content (AvgIpc) is 3.40. The van der Waals surface area contributed by atoms with Crippen molar-refractivity contribution in [1.29, 1.82) is 0 Å². The third kappa shape index (κ3) is 4.63. The summed E-state index contributed by atoms with van der Waals surface area (Å²) in [5, 5.41) is 9.64. The Morgan fingerprint density at radius 1 is 1.18 bits per heavy atom. The van der Waals surface area contributed by atoms with E-state index in [0.29, 0.717) is 5.16 Å². The summed E-state index contributed by atoms with van der Waals surface area (Å²) in [7, 11) is 0. The lowest BCUT2D eigenvalue weighted by atomic mass is 10.2. The first-order chi connectivity index (χ1) is 13.7. The van der Waals surface area contributed by atoms with Gasteiger partial charge in [0.1, 0.15) is 0 Å². The molecule has 4 rings (SSSR count). The van der Waals surface area contributed by atoms with Gasteiger partial charge in [0.15, 0.2) is 5.82 Å². The summed E-state index contributed by atoms with van der Waals surface area (Å²) < 4.78 is 0. The molecule has 1 atom stereocenters. The Labute approximate surface area is 173 Å². The van der Waals surface area contributed by atoms with Crippen molar-refractivity contribution in [3.63, 3.8) is 0 Å². The van der Waals surface area contributed by atoms with Gasteiger partial charge in [0.05, 0.1) is 10.1 Å². The predicted octanol–water partition coefficient (Wildman–Crippen LogP) is 3.36. The lowest BCUT2D eigenvalue weighted by Gasteiger charge is -2.35. The van der Waals surface area contributed by atoms with Crippen LogP contribution in [0.3, 0.4) is 0 Å². The highest BCUT2D eigenvalue weighted by Gasteiger charge is 2.26. The second-order valence-corrected chi connectivity index (χ2v) is 9.05. The molecule has 2 aromatic heterocycles. The highest BCUT2D eigenvalue weighted by molar-refractivity contribution is 8.00. The number of nitrogens with zero attached hydrogens (tertiary/aromatic N) is 4. The topological polar surface area (TPSA) is 65.1 Å². The van der Waals surface area contributed by atoms with Gasteiger partial charge in [-0.1, -0.05) is 48.2 Å². The Kier molecular flexibility index (Phi) is 6.09. The van der Waals surface area contributed by atoms with Crippen LogP contribution in [-0.2, 0) is 11.3 Å². The third-order valence-electron chi connectivity index (χ3n) is 4.78. The first kappa shape index (κ1) is 19.2. The quantitative estimate of drug-likeness (QED) is 0.628. The summed E-state index contributed by atoms with van der Waals surface area (Å²) in [5.41, 5.74) is 1.32.